The first-order valence-corrected chi connectivity index (χ1v) is 11.9. The van der Waals surface area contributed by atoms with E-state index in [9.17, 15) is 4.79 Å². The quantitative estimate of drug-likeness (QED) is 0.300. The summed E-state index contributed by atoms with van der Waals surface area (Å²) in [5, 5.41) is 17.0. The second kappa shape index (κ2) is 11.1. The van der Waals surface area contributed by atoms with Crippen molar-refractivity contribution in [2.75, 3.05) is 31.7 Å². The van der Waals surface area contributed by atoms with E-state index in [-0.39, 0.29) is 25.0 Å². The highest BCUT2D eigenvalue weighted by molar-refractivity contribution is 8.00. The number of nitrogens with zero attached hydrogens (tertiary/aromatic N) is 2. The number of amides is 1. The van der Waals surface area contributed by atoms with E-state index in [1.165, 1.54) is 29.1 Å². The number of carbonyl (C=O) groups is 1. The van der Waals surface area contributed by atoms with Crippen LogP contribution in [-0.4, -0.2) is 59.5 Å². The summed E-state index contributed by atoms with van der Waals surface area (Å²) in [4.78, 5) is 24.9. The van der Waals surface area contributed by atoms with Gasteiger partial charge in [0.1, 0.15) is 0 Å². The van der Waals surface area contributed by atoms with E-state index in [1.54, 1.807) is 6.20 Å². The maximum Gasteiger partial charge on any atom is 0.280 e. The topological polar surface area (TPSA) is 102 Å². The second-order valence-electron chi connectivity index (χ2n) is 7.23. The molecule has 2 N–H and O–H groups in total. The molecule has 1 aliphatic carbocycles. The zero-order valence-electron chi connectivity index (χ0n) is 17.0. The molecule has 10 heteroatoms. The lowest BCUT2D eigenvalue weighted by molar-refractivity contribution is -0.110. The molecule has 1 aromatic heterocycles. The Morgan fingerprint density at radius 1 is 1.32 bits per heavy atom. The van der Waals surface area contributed by atoms with Gasteiger partial charge in [-0.05, 0) is 25.0 Å². The number of nitrogens with one attached hydrogen (secondary N) is 1. The van der Waals surface area contributed by atoms with E-state index in [0.29, 0.717) is 35.8 Å². The third kappa shape index (κ3) is 6.75. The van der Waals surface area contributed by atoms with Crippen molar-refractivity contribution in [1.82, 2.24) is 4.98 Å². The molecule has 1 aliphatic heterocycles. The molecule has 31 heavy (non-hydrogen) atoms. The number of benzene rings is 1. The van der Waals surface area contributed by atoms with Gasteiger partial charge >= 0.3 is 0 Å². The van der Waals surface area contributed by atoms with Crippen LogP contribution in [0.3, 0.4) is 0 Å². The number of rotatable bonds is 11. The molecule has 1 aromatic carbocycles. The number of hydrogen-bond acceptors (Lipinski definition) is 9. The lowest BCUT2D eigenvalue weighted by Gasteiger charge is -2.10. The number of anilines is 1. The number of aliphatic hydroxyl groups is 1. The van der Waals surface area contributed by atoms with Crippen molar-refractivity contribution in [3.63, 3.8) is 0 Å². The predicted octanol–water partition coefficient (Wildman–Crippen LogP) is 3.05. The molecule has 1 amide bonds. The second-order valence-corrected chi connectivity index (χ2v) is 9.72. The van der Waals surface area contributed by atoms with Gasteiger partial charge in [0.25, 0.3) is 5.91 Å². The van der Waals surface area contributed by atoms with Gasteiger partial charge in [-0.2, -0.15) is 0 Å². The molecule has 0 bridgehead atoms. The molecule has 2 heterocycles. The summed E-state index contributed by atoms with van der Waals surface area (Å²) < 4.78 is 10.6. The standard InChI is InChI=1S/C21H25N3O5S2/c25-8-10-28-13-18-11-22-21(31-18)23-20(26)19(24-29-15-7-9-27-12-15)14-1-3-16(4-2-14)30-17-5-6-17/h1-4,11,15,17,25H,5-10,12-13H2,(H,22,23,26)/b24-19+/t15-/m1/s1. The third-order valence-corrected chi connectivity index (χ3v) is 6.84. The van der Waals surface area contributed by atoms with Crippen LogP contribution in [0.25, 0.3) is 0 Å². The zero-order valence-corrected chi connectivity index (χ0v) is 18.6. The normalized spacial score (nSPS) is 18.9. The molecule has 1 saturated heterocycles. The number of thioether (sulfide) groups is 1. The summed E-state index contributed by atoms with van der Waals surface area (Å²) in [6.45, 7) is 1.66. The summed E-state index contributed by atoms with van der Waals surface area (Å²) >= 11 is 3.18. The smallest absolute Gasteiger partial charge is 0.280 e. The van der Waals surface area contributed by atoms with Crippen molar-refractivity contribution < 1.29 is 24.2 Å². The molecule has 2 fully saturated rings. The van der Waals surface area contributed by atoms with Crippen LogP contribution < -0.4 is 5.32 Å². The van der Waals surface area contributed by atoms with Crippen molar-refractivity contribution in [3.05, 3.63) is 40.9 Å². The zero-order chi connectivity index (χ0) is 21.5. The Bertz CT molecular complexity index is 893. The van der Waals surface area contributed by atoms with Crippen LogP contribution in [0, 0.1) is 0 Å². The van der Waals surface area contributed by atoms with Gasteiger partial charge in [-0.15, -0.1) is 11.8 Å². The van der Waals surface area contributed by atoms with E-state index < -0.39 is 5.91 Å². The van der Waals surface area contributed by atoms with Gasteiger partial charge in [0, 0.05) is 28.3 Å². The fourth-order valence-corrected chi connectivity index (χ4v) is 4.64. The Morgan fingerprint density at radius 3 is 2.87 bits per heavy atom. The van der Waals surface area contributed by atoms with Crippen molar-refractivity contribution >= 4 is 39.8 Å². The van der Waals surface area contributed by atoms with Crippen LogP contribution in [0.15, 0.2) is 40.5 Å². The molecule has 2 aromatic rings. The Labute approximate surface area is 189 Å². The van der Waals surface area contributed by atoms with Crippen LogP contribution in [0.2, 0.25) is 0 Å². The molecule has 1 atom stereocenters. The summed E-state index contributed by atoms with van der Waals surface area (Å²) in [5.41, 5.74) is 0.878. The van der Waals surface area contributed by atoms with Gasteiger partial charge in [0.2, 0.25) is 0 Å². The summed E-state index contributed by atoms with van der Waals surface area (Å²) in [6, 6.07) is 7.82. The molecule has 0 unspecified atom stereocenters. The average molecular weight is 464 g/mol. The van der Waals surface area contributed by atoms with Gasteiger partial charge in [0.15, 0.2) is 16.9 Å². The third-order valence-electron chi connectivity index (χ3n) is 4.60. The number of aliphatic hydroxyl groups excluding tert-OH is 1. The Morgan fingerprint density at radius 2 is 2.16 bits per heavy atom. The summed E-state index contributed by atoms with van der Waals surface area (Å²) in [6.07, 6.45) is 4.77. The number of thiazole rings is 1. The van der Waals surface area contributed by atoms with Gasteiger partial charge in [-0.1, -0.05) is 28.6 Å². The highest BCUT2D eigenvalue weighted by Gasteiger charge is 2.23. The first-order valence-electron chi connectivity index (χ1n) is 10.2. The van der Waals surface area contributed by atoms with Crippen molar-refractivity contribution in [3.8, 4) is 0 Å². The average Bonchev–Trinajstić information content (AvgIpc) is 3.23. The van der Waals surface area contributed by atoms with Crippen molar-refractivity contribution in [2.24, 2.45) is 5.16 Å². The largest absolute Gasteiger partial charge is 0.394 e. The fourth-order valence-electron chi connectivity index (χ4n) is 2.84. The summed E-state index contributed by atoms with van der Waals surface area (Å²) in [7, 11) is 0. The minimum absolute atomic E-state index is 0.0355. The predicted molar refractivity (Wildman–Crippen MR) is 120 cm³/mol. The fraction of sp³-hybridized carbons (Fsp3) is 0.476. The number of oxime groups is 1. The van der Waals surface area contributed by atoms with Crippen LogP contribution in [-0.2, 0) is 25.7 Å². The van der Waals surface area contributed by atoms with Crippen LogP contribution in [0.1, 0.15) is 29.7 Å². The minimum atomic E-state index is -0.390. The maximum absolute atomic E-state index is 13.0. The van der Waals surface area contributed by atoms with Crippen LogP contribution in [0.4, 0.5) is 5.13 Å². The van der Waals surface area contributed by atoms with Gasteiger partial charge < -0.3 is 19.4 Å². The summed E-state index contributed by atoms with van der Waals surface area (Å²) in [5.74, 6) is -0.390. The Kier molecular flexibility index (Phi) is 7.92. The first-order chi connectivity index (χ1) is 15.2. The maximum atomic E-state index is 13.0. The molecule has 166 valence electrons. The Hall–Kier alpha value is -1.98. The van der Waals surface area contributed by atoms with E-state index in [1.807, 2.05) is 36.0 Å². The molecular weight excluding hydrogens is 438 g/mol. The molecular formula is C21H25N3O5S2. The van der Waals surface area contributed by atoms with Gasteiger partial charge in [-0.25, -0.2) is 4.98 Å². The van der Waals surface area contributed by atoms with Crippen molar-refractivity contribution in [2.45, 2.75) is 42.1 Å². The van der Waals surface area contributed by atoms with Crippen molar-refractivity contribution in [1.29, 1.82) is 0 Å². The van der Waals surface area contributed by atoms with E-state index in [4.69, 9.17) is 19.4 Å². The van der Waals surface area contributed by atoms with Crippen LogP contribution in [0.5, 0.6) is 0 Å². The number of aromatic nitrogens is 1. The van der Waals surface area contributed by atoms with Crippen LogP contribution >= 0.6 is 23.1 Å². The molecule has 0 radical (unpaired) electrons. The van der Waals surface area contributed by atoms with E-state index in [0.717, 1.165) is 11.3 Å². The number of hydrogen-bond donors (Lipinski definition) is 2. The Balaban J connectivity index is 1.45. The van der Waals surface area contributed by atoms with Gasteiger partial charge in [-0.3, -0.25) is 10.1 Å². The minimum Gasteiger partial charge on any atom is -0.394 e. The lowest BCUT2D eigenvalue weighted by Crippen LogP contribution is -2.25. The molecule has 1 saturated carbocycles. The van der Waals surface area contributed by atoms with E-state index >= 15 is 0 Å². The number of ether oxygens (including phenoxy) is 2. The highest BCUT2D eigenvalue weighted by Crippen LogP contribution is 2.39. The van der Waals surface area contributed by atoms with Gasteiger partial charge in [0.05, 0.1) is 37.9 Å². The lowest BCUT2D eigenvalue weighted by atomic mass is 10.1. The van der Waals surface area contributed by atoms with E-state index in [2.05, 4.69) is 15.5 Å². The monoisotopic (exact) mass is 463 g/mol. The molecule has 2 aliphatic rings. The SMILES string of the molecule is O=C(Nc1ncc(COCCO)s1)/C(=N/O[C@@H]1CCOC1)c1ccc(SC2CC2)cc1. The molecule has 0 spiro atoms. The molecule has 4 rings (SSSR count). The first kappa shape index (κ1) is 22.2. The highest BCUT2D eigenvalue weighted by atomic mass is 32.2. The number of carbonyl (C=O) groups excluding carboxylic acids is 1. The molecule has 8 nitrogen and oxygen atoms in total.